The smallest absolute Gasteiger partial charge is 0.352 e. The van der Waals surface area contributed by atoms with Crippen LogP contribution >= 0.6 is 0 Å². The normalized spacial score (nSPS) is 28.1. The van der Waals surface area contributed by atoms with Crippen LogP contribution in [0.3, 0.4) is 0 Å². The summed E-state index contributed by atoms with van der Waals surface area (Å²) in [5.41, 5.74) is 0.583. The van der Waals surface area contributed by atoms with Crippen molar-refractivity contribution in [3.63, 3.8) is 0 Å². The highest BCUT2D eigenvalue weighted by Gasteiger charge is 2.48. The Morgan fingerprint density at radius 1 is 1.06 bits per heavy atom. The van der Waals surface area contributed by atoms with Crippen LogP contribution < -0.4 is 0 Å². The molecule has 0 aromatic heterocycles. The van der Waals surface area contributed by atoms with E-state index in [1.807, 2.05) is 14.2 Å². The van der Waals surface area contributed by atoms with E-state index in [0.717, 1.165) is 5.92 Å². The van der Waals surface area contributed by atoms with Gasteiger partial charge in [-0.2, -0.15) is 0 Å². The van der Waals surface area contributed by atoms with Gasteiger partial charge < -0.3 is 8.85 Å². The van der Waals surface area contributed by atoms with Gasteiger partial charge in [-0.05, 0) is 38.3 Å². The highest BCUT2D eigenvalue weighted by Crippen LogP contribution is 2.32. The van der Waals surface area contributed by atoms with E-state index in [0.29, 0.717) is 5.67 Å². The lowest BCUT2D eigenvalue weighted by molar-refractivity contribution is 0.0677. The first-order valence-corrected chi connectivity index (χ1v) is 9.43. The van der Waals surface area contributed by atoms with Gasteiger partial charge in [0.05, 0.1) is 5.67 Å². The molecule has 1 aliphatic heterocycles. The monoisotopic (exact) mass is 257 g/mol. The summed E-state index contributed by atoms with van der Waals surface area (Å²) in [5, 5.41) is 0. The van der Waals surface area contributed by atoms with Crippen LogP contribution in [-0.4, -0.2) is 46.4 Å². The van der Waals surface area contributed by atoms with E-state index in [2.05, 4.69) is 11.4 Å². The molecule has 1 aliphatic carbocycles. The number of hydrogen-bond acceptors (Lipinski definition) is 3. The summed E-state index contributed by atoms with van der Waals surface area (Å²) in [6, 6.07) is 0. The van der Waals surface area contributed by atoms with Crippen molar-refractivity contribution in [2.75, 3.05) is 27.3 Å². The minimum absolute atomic E-state index is 0.583. The molecule has 2 rings (SSSR count). The van der Waals surface area contributed by atoms with Gasteiger partial charge in [-0.15, -0.1) is 0 Å². The third-order valence-electron chi connectivity index (χ3n) is 4.76. The molecule has 4 heteroatoms. The minimum Gasteiger partial charge on any atom is -0.397 e. The minimum atomic E-state index is -1.94. The molecule has 0 spiro atoms. The average Bonchev–Trinajstić information content (AvgIpc) is 2.35. The Balaban J connectivity index is 1.85. The Kier molecular flexibility index (Phi) is 4.63. The number of rotatable bonds is 5. The zero-order chi connectivity index (χ0) is 12.3. The van der Waals surface area contributed by atoms with Crippen molar-refractivity contribution in [1.82, 2.24) is 4.90 Å². The molecule has 0 aromatic carbocycles. The third-order valence-corrected chi connectivity index (χ3v) is 8.25. The van der Waals surface area contributed by atoms with Crippen LogP contribution in [0.2, 0.25) is 6.55 Å². The number of nitrogens with zero attached hydrogens (tertiary/aromatic N) is 1. The lowest BCUT2D eigenvalue weighted by atomic mass is 9.88. The fourth-order valence-electron chi connectivity index (χ4n) is 3.31. The summed E-state index contributed by atoms with van der Waals surface area (Å²) in [5.74, 6) is 0.929. The average molecular weight is 257 g/mol. The highest BCUT2D eigenvalue weighted by molar-refractivity contribution is 6.67. The number of hydrogen-bond donors (Lipinski definition) is 0. The predicted octanol–water partition coefficient (Wildman–Crippen LogP) is 2.54. The fourth-order valence-corrected chi connectivity index (χ4v) is 5.57. The summed E-state index contributed by atoms with van der Waals surface area (Å²) in [7, 11) is 1.69. The van der Waals surface area contributed by atoms with E-state index >= 15 is 0 Å². The van der Waals surface area contributed by atoms with Crippen LogP contribution in [0.4, 0.5) is 0 Å². The summed E-state index contributed by atoms with van der Waals surface area (Å²) in [4.78, 5) is 2.62. The molecule has 2 aliphatic rings. The fraction of sp³-hybridized carbons (Fsp3) is 1.00. The second-order valence-corrected chi connectivity index (χ2v) is 9.24. The lowest BCUT2D eigenvalue weighted by Gasteiger charge is -2.49. The Morgan fingerprint density at radius 2 is 1.71 bits per heavy atom. The van der Waals surface area contributed by atoms with Gasteiger partial charge in [0.15, 0.2) is 0 Å². The molecule has 0 aromatic rings. The van der Waals surface area contributed by atoms with Gasteiger partial charge in [-0.25, -0.2) is 0 Å². The van der Waals surface area contributed by atoms with E-state index in [1.165, 1.54) is 51.6 Å². The van der Waals surface area contributed by atoms with E-state index in [-0.39, 0.29) is 0 Å². The van der Waals surface area contributed by atoms with E-state index < -0.39 is 8.56 Å². The quantitative estimate of drug-likeness (QED) is 0.707. The van der Waals surface area contributed by atoms with Crippen LogP contribution in [0, 0.1) is 5.92 Å². The summed E-state index contributed by atoms with van der Waals surface area (Å²) in [6.07, 6.45) is 8.45. The zero-order valence-electron chi connectivity index (χ0n) is 11.6. The molecule has 0 amide bonds. The van der Waals surface area contributed by atoms with Crippen LogP contribution in [0.25, 0.3) is 0 Å². The van der Waals surface area contributed by atoms with E-state index in [9.17, 15) is 0 Å². The molecular weight excluding hydrogens is 230 g/mol. The van der Waals surface area contributed by atoms with Crippen molar-refractivity contribution in [3.8, 4) is 0 Å². The topological polar surface area (TPSA) is 21.7 Å². The van der Waals surface area contributed by atoms with Crippen molar-refractivity contribution in [2.24, 2.45) is 5.92 Å². The molecule has 17 heavy (non-hydrogen) atoms. The van der Waals surface area contributed by atoms with Gasteiger partial charge in [0.2, 0.25) is 0 Å². The SMILES string of the molecule is CO[Si](C)(OC)C1CCN1CC1CCCCC1. The number of likely N-dealkylation sites (tertiary alicyclic amines) is 1. The first kappa shape index (κ1) is 13.5. The van der Waals surface area contributed by atoms with Gasteiger partial charge in [-0.3, -0.25) is 4.90 Å². The van der Waals surface area contributed by atoms with Gasteiger partial charge in [0, 0.05) is 20.8 Å². The molecule has 3 nitrogen and oxygen atoms in total. The molecule has 1 atom stereocenters. The second-order valence-electron chi connectivity index (χ2n) is 5.73. The molecule has 2 fully saturated rings. The molecular formula is C13H27NO2Si. The molecule has 0 bridgehead atoms. The van der Waals surface area contributed by atoms with Crippen molar-refractivity contribution >= 4 is 8.56 Å². The standard InChI is InChI=1S/C13H27NO2Si/c1-15-17(3,16-2)13-9-10-14(13)11-12-7-5-4-6-8-12/h12-13H,4-11H2,1-3H3. The zero-order valence-corrected chi connectivity index (χ0v) is 12.6. The largest absolute Gasteiger partial charge is 0.397 e. The van der Waals surface area contributed by atoms with Crippen molar-refractivity contribution < 1.29 is 8.85 Å². The van der Waals surface area contributed by atoms with Crippen molar-refractivity contribution in [2.45, 2.75) is 50.7 Å². The predicted molar refractivity (Wildman–Crippen MR) is 72.2 cm³/mol. The van der Waals surface area contributed by atoms with E-state index in [4.69, 9.17) is 8.85 Å². The highest BCUT2D eigenvalue weighted by atomic mass is 28.4. The summed E-state index contributed by atoms with van der Waals surface area (Å²) < 4.78 is 11.4. The van der Waals surface area contributed by atoms with Crippen LogP contribution in [0.5, 0.6) is 0 Å². The molecule has 1 saturated carbocycles. The van der Waals surface area contributed by atoms with Crippen LogP contribution in [0.15, 0.2) is 0 Å². The first-order chi connectivity index (χ1) is 8.19. The van der Waals surface area contributed by atoms with Crippen LogP contribution in [0.1, 0.15) is 38.5 Å². The van der Waals surface area contributed by atoms with Crippen LogP contribution in [-0.2, 0) is 8.85 Å². The second kappa shape index (κ2) is 5.82. The molecule has 0 radical (unpaired) electrons. The van der Waals surface area contributed by atoms with Gasteiger partial charge in [-0.1, -0.05) is 19.3 Å². The molecule has 0 N–H and O–H groups in total. The summed E-state index contributed by atoms with van der Waals surface area (Å²) >= 11 is 0. The molecule has 1 saturated heterocycles. The van der Waals surface area contributed by atoms with Crippen molar-refractivity contribution in [1.29, 1.82) is 0 Å². The Bertz CT molecular complexity index is 240. The third kappa shape index (κ3) is 2.92. The first-order valence-electron chi connectivity index (χ1n) is 7.04. The van der Waals surface area contributed by atoms with Crippen molar-refractivity contribution in [3.05, 3.63) is 0 Å². The maximum Gasteiger partial charge on any atom is 0.352 e. The molecule has 100 valence electrons. The summed E-state index contributed by atoms with van der Waals surface area (Å²) in [6.45, 7) is 4.72. The van der Waals surface area contributed by atoms with Gasteiger partial charge >= 0.3 is 8.56 Å². The maximum absolute atomic E-state index is 5.69. The molecule has 1 heterocycles. The van der Waals surface area contributed by atoms with Gasteiger partial charge in [0.1, 0.15) is 0 Å². The maximum atomic E-state index is 5.69. The van der Waals surface area contributed by atoms with Gasteiger partial charge in [0.25, 0.3) is 0 Å². The molecule has 1 unspecified atom stereocenters. The lowest BCUT2D eigenvalue weighted by Crippen LogP contribution is -2.65. The van der Waals surface area contributed by atoms with E-state index in [1.54, 1.807) is 0 Å². The Labute approximate surface area is 107 Å². The Hall–Kier alpha value is 0.0969. The Morgan fingerprint density at radius 3 is 2.18 bits per heavy atom.